The average Bonchev–Trinajstić information content (AvgIpc) is 3.07. The van der Waals surface area contributed by atoms with E-state index in [2.05, 4.69) is 37.2 Å². The predicted molar refractivity (Wildman–Crippen MR) is 75.5 cm³/mol. The van der Waals surface area contributed by atoms with Crippen molar-refractivity contribution in [3.63, 3.8) is 0 Å². The van der Waals surface area contributed by atoms with Crippen LogP contribution in [0.5, 0.6) is 0 Å². The third kappa shape index (κ3) is 2.85. The van der Waals surface area contributed by atoms with Crippen LogP contribution in [0.4, 0.5) is 11.9 Å². The van der Waals surface area contributed by atoms with Crippen LogP contribution in [0.1, 0.15) is 6.42 Å². The molecule has 20 heavy (non-hydrogen) atoms. The minimum absolute atomic E-state index is 0.203. The summed E-state index contributed by atoms with van der Waals surface area (Å²) in [5.41, 5.74) is 5.73. The van der Waals surface area contributed by atoms with Crippen molar-refractivity contribution in [3.05, 3.63) is 18.7 Å². The zero-order chi connectivity index (χ0) is 13.9. The molecule has 1 atom stereocenters. The van der Waals surface area contributed by atoms with Crippen molar-refractivity contribution in [3.8, 4) is 5.95 Å². The fourth-order valence-electron chi connectivity index (χ4n) is 2.38. The first-order chi connectivity index (χ1) is 9.70. The van der Waals surface area contributed by atoms with Crippen molar-refractivity contribution in [2.45, 2.75) is 6.42 Å². The Kier molecular flexibility index (Phi) is 3.46. The Morgan fingerprint density at radius 3 is 3.00 bits per heavy atom. The van der Waals surface area contributed by atoms with E-state index >= 15 is 0 Å². The second-order valence-corrected chi connectivity index (χ2v) is 5.09. The number of rotatable bonds is 4. The molecule has 1 saturated heterocycles. The van der Waals surface area contributed by atoms with E-state index in [1.807, 2.05) is 0 Å². The molecule has 3 heterocycles. The average molecular weight is 274 g/mol. The number of aromatic nitrogens is 5. The highest BCUT2D eigenvalue weighted by Crippen LogP contribution is 2.15. The lowest BCUT2D eigenvalue weighted by atomic mass is 10.1. The Labute approximate surface area is 117 Å². The largest absolute Gasteiger partial charge is 0.368 e. The van der Waals surface area contributed by atoms with Crippen LogP contribution in [-0.4, -0.2) is 56.1 Å². The van der Waals surface area contributed by atoms with Gasteiger partial charge in [0, 0.05) is 25.5 Å². The molecule has 3 N–H and O–H groups in total. The molecular weight excluding hydrogens is 256 g/mol. The van der Waals surface area contributed by atoms with Crippen LogP contribution in [0, 0.1) is 5.92 Å². The molecule has 2 aromatic rings. The lowest BCUT2D eigenvalue weighted by molar-refractivity contribution is 0.399. The zero-order valence-corrected chi connectivity index (χ0v) is 11.4. The number of anilines is 2. The van der Waals surface area contributed by atoms with E-state index in [0.717, 1.165) is 19.6 Å². The Morgan fingerprint density at radius 1 is 1.40 bits per heavy atom. The number of nitrogens with two attached hydrogens (primary N) is 1. The van der Waals surface area contributed by atoms with Gasteiger partial charge in [-0.15, -0.1) is 0 Å². The summed E-state index contributed by atoms with van der Waals surface area (Å²) in [5.74, 6) is 1.81. The summed E-state index contributed by atoms with van der Waals surface area (Å²) in [7, 11) is 2.14. The molecular formula is C12H18N8. The summed E-state index contributed by atoms with van der Waals surface area (Å²) in [5, 5.41) is 3.25. The van der Waals surface area contributed by atoms with E-state index in [1.54, 1.807) is 23.3 Å². The van der Waals surface area contributed by atoms with Gasteiger partial charge in [0.1, 0.15) is 6.33 Å². The number of hydrogen-bond donors (Lipinski definition) is 2. The summed E-state index contributed by atoms with van der Waals surface area (Å²) < 4.78 is 1.70. The predicted octanol–water partition coefficient (Wildman–Crippen LogP) is 0.00310. The quantitative estimate of drug-likeness (QED) is 0.810. The van der Waals surface area contributed by atoms with Gasteiger partial charge < -0.3 is 16.0 Å². The van der Waals surface area contributed by atoms with Gasteiger partial charge in [-0.1, -0.05) is 0 Å². The Hall–Kier alpha value is -2.22. The number of nitrogens with one attached hydrogen (secondary N) is 1. The molecule has 3 rings (SSSR count). The monoisotopic (exact) mass is 274 g/mol. The first-order valence-corrected chi connectivity index (χ1v) is 6.63. The first-order valence-electron chi connectivity index (χ1n) is 6.63. The number of hydrogen-bond acceptors (Lipinski definition) is 7. The molecule has 1 aliphatic heterocycles. The fraction of sp³-hybridized carbons (Fsp3) is 0.500. The molecule has 106 valence electrons. The zero-order valence-electron chi connectivity index (χ0n) is 11.4. The van der Waals surface area contributed by atoms with Gasteiger partial charge in [-0.2, -0.15) is 15.0 Å². The molecule has 0 amide bonds. The van der Waals surface area contributed by atoms with Gasteiger partial charge in [0.25, 0.3) is 0 Å². The highest BCUT2D eigenvalue weighted by Gasteiger charge is 2.19. The van der Waals surface area contributed by atoms with Crippen LogP contribution in [0.25, 0.3) is 5.95 Å². The molecule has 0 spiro atoms. The molecule has 1 fully saturated rings. The van der Waals surface area contributed by atoms with Gasteiger partial charge in [0.05, 0.1) is 0 Å². The first kappa shape index (κ1) is 12.8. The lowest BCUT2D eigenvalue weighted by Crippen LogP contribution is -2.20. The van der Waals surface area contributed by atoms with Crippen molar-refractivity contribution >= 4 is 11.9 Å². The number of likely N-dealkylation sites (tertiary alicyclic amines) is 1. The van der Waals surface area contributed by atoms with Crippen molar-refractivity contribution < 1.29 is 0 Å². The van der Waals surface area contributed by atoms with E-state index in [0.29, 0.717) is 17.8 Å². The normalized spacial score (nSPS) is 19.4. The van der Waals surface area contributed by atoms with E-state index in [4.69, 9.17) is 5.73 Å². The van der Waals surface area contributed by atoms with Gasteiger partial charge in [0.15, 0.2) is 0 Å². The third-order valence-corrected chi connectivity index (χ3v) is 3.41. The SMILES string of the molecule is CN1CCC(CNc2nc(N)nc(-n3ccnc3)n2)C1. The van der Waals surface area contributed by atoms with E-state index < -0.39 is 0 Å². The molecule has 0 saturated carbocycles. The molecule has 0 aliphatic carbocycles. The van der Waals surface area contributed by atoms with Crippen molar-refractivity contribution in [2.24, 2.45) is 5.92 Å². The smallest absolute Gasteiger partial charge is 0.241 e. The fourth-order valence-corrected chi connectivity index (χ4v) is 2.38. The molecule has 1 unspecified atom stereocenters. The molecule has 1 aliphatic rings. The second kappa shape index (κ2) is 5.41. The van der Waals surface area contributed by atoms with Crippen molar-refractivity contribution in [1.29, 1.82) is 0 Å². The van der Waals surface area contributed by atoms with Gasteiger partial charge >= 0.3 is 0 Å². The summed E-state index contributed by atoms with van der Waals surface area (Å²) in [4.78, 5) is 18.9. The Bertz CT molecular complexity index is 567. The summed E-state index contributed by atoms with van der Waals surface area (Å²) in [6, 6.07) is 0. The third-order valence-electron chi connectivity index (χ3n) is 3.41. The highest BCUT2D eigenvalue weighted by molar-refractivity contribution is 5.35. The van der Waals surface area contributed by atoms with Gasteiger partial charge in [0.2, 0.25) is 17.8 Å². The molecule has 8 nitrogen and oxygen atoms in total. The standard InChI is InChI=1S/C12H18N8/c1-19-4-2-9(7-19)6-15-11-16-10(13)17-12(18-11)20-5-3-14-8-20/h3,5,8-9H,2,4,6-7H2,1H3,(H3,13,15,16,17,18). The van der Waals surface area contributed by atoms with E-state index in [-0.39, 0.29) is 5.95 Å². The van der Waals surface area contributed by atoms with Crippen LogP contribution in [0.2, 0.25) is 0 Å². The molecule has 0 bridgehead atoms. The molecule has 0 aromatic carbocycles. The van der Waals surface area contributed by atoms with E-state index in [1.165, 1.54) is 6.42 Å². The van der Waals surface area contributed by atoms with Crippen molar-refractivity contribution in [1.82, 2.24) is 29.4 Å². The van der Waals surface area contributed by atoms with Gasteiger partial charge in [-0.3, -0.25) is 4.57 Å². The Balaban J connectivity index is 1.70. The highest BCUT2D eigenvalue weighted by atomic mass is 15.3. The van der Waals surface area contributed by atoms with Gasteiger partial charge in [-0.25, -0.2) is 4.98 Å². The van der Waals surface area contributed by atoms with Gasteiger partial charge in [-0.05, 0) is 25.9 Å². The molecule has 0 radical (unpaired) electrons. The summed E-state index contributed by atoms with van der Waals surface area (Å²) >= 11 is 0. The summed E-state index contributed by atoms with van der Waals surface area (Å²) in [6.45, 7) is 3.09. The number of nitrogens with zero attached hydrogens (tertiary/aromatic N) is 6. The Morgan fingerprint density at radius 2 is 2.30 bits per heavy atom. The lowest BCUT2D eigenvalue weighted by Gasteiger charge is -2.12. The maximum Gasteiger partial charge on any atom is 0.241 e. The van der Waals surface area contributed by atoms with Crippen molar-refractivity contribution in [2.75, 3.05) is 37.7 Å². The minimum Gasteiger partial charge on any atom is -0.368 e. The maximum atomic E-state index is 5.73. The molecule has 8 heteroatoms. The minimum atomic E-state index is 0.203. The van der Waals surface area contributed by atoms with Crippen LogP contribution < -0.4 is 11.1 Å². The van der Waals surface area contributed by atoms with Crippen LogP contribution >= 0.6 is 0 Å². The van der Waals surface area contributed by atoms with Crippen LogP contribution in [0.15, 0.2) is 18.7 Å². The van der Waals surface area contributed by atoms with Crippen LogP contribution in [0.3, 0.4) is 0 Å². The van der Waals surface area contributed by atoms with Crippen LogP contribution in [-0.2, 0) is 0 Å². The topological polar surface area (TPSA) is 97.8 Å². The second-order valence-electron chi connectivity index (χ2n) is 5.09. The maximum absolute atomic E-state index is 5.73. The summed E-state index contributed by atoms with van der Waals surface area (Å²) in [6.07, 6.45) is 6.26. The number of nitrogen functional groups attached to an aromatic ring is 1. The number of imidazole rings is 1. The molecule has 2 aromatic heterocycles. The van der Waals surface area contributed by atoms with E-state index in [9.17, 15) is 0 Å².